The maximum Gasteiger partial charge on any atom is 0.338 e. The van der Waals surface area contributed by atoms with Crippen LogP contribution in [0.5, 0.6) is 11.5 Å². The van der Waals surface area contributed by atoms with E-state index in [0.29, 0.717) is 17.9 Å². The summed E-state index contributed by atoms with van der Waals surface area (Å²) in [6, 6.07) is 8.85. The molecule has 0 unspecified atom stereocenters. The first-order valence-electron chi connectivity index (χ1n) is 8.13. The molecule has 0 spiro atoms. The first kappa shape index (κ1) is 20.5. The molecule has 8 heteroatoms. The summed E-state index contributed by atoms with van der Waals surface area (Å²) >= 11 is 6.10. The Morgan fingerprint density at radius 1 is 1.22 bits per heavy atom. The highest BCUT2D eigenvalue weighted by atomic mass is 35.5. The number of amides is 1. The Kier molecular flexibility index (Phi) is 7.43. The van der Waals surface area contributed by atoms with Crippen LogP contribution in [0, 0.1) is 5.82 Å². The van der Waals surface area contributed by atoms with Crippen LogP contribution in [0.4, 0.5) is 4.39 Å². The van der Waals surface area contributed by atoms with Gasteiger partial charge in [0.05, 0.1) is 24.3 Å². The number of ether oxygens (including phenoxy) is 3. The predicted molar refractivity (Wildman–Crippen MR) is 97.7 cm³/mol. The number of hydrogen-bond acceptors (Lipinski definition) is 5. The highest BCUT2D eigenvalue weighted by Gasteiger charge is 2.17. The summed E-state index contributed by atoms with van der Waals surface area (Å²) in [6.45, 7) is 1.64. The van der Waals surface area contributed by atoms with Crippen molar-refractivity contribution in [3.63, 3.8) is 0 Å². The molecule has 0 aliphatic carbocycles. The molecule has 0 aliphatic rings. The van der Waals surface area contributed by atoms with Gasteiger partial charge in [0, 0.05) is 12.1 Å². The SMILES string of the molecule is CCOc1c(Cl)cc(C(=O)OCC(=O)NCc2ccccc2F)cc1OC. The smallest absolute Gasteiger partial charge is 0.338 e. The molecule has 0 saturated heterocycles. The standard InChI is InChI=1S/C19H19ClFNO5/c1-3-26-18-14(20)8-13(9-16(18)25-2)19(24)27-11-17(23)22-10-12-6-4-5-7-15(12)21/h4-9H,3,10-11H2,1-2H3,(H,22,23). The normalized spacial score (nSPS) is 10.2. The number of rotatable bonds is 8. The van der Waals surface area contributed by atoms with E-state index in [2.05, 4.69) is 5.32 Å². The number of hydrogen-bond donors (Lipinski definition) is 1. The van der Waals surface area contributed by atoms with Gasteiger partial charge in [-0.1, -0.05) is 29.8 Å². The Bertz CT molecular complexity index is 828. The molecule has 0 fully saturated rings. The van der Waals surface area contributed by atoms with Crippen molar-refractivity contribution < 1.29 is 28.2 Å². The maximum absolute atomic E-state index is 13.5. The Labute approximate surface area is 161 Å². The van der Waals surface area contributed by atoms with Crippen molar-refractivity contribution in [3.05, 3.63) is 58.4 Å². The van der Waals surface area contributed by atoms with Gasteiger partial charge in [0.1, 0.15) is 5.82 Å². The molecule has 1 amide bonds. The topological polar surface area (TPSA) is 73.9 Å². The quantitative estimate of drug-likeness (QED) is 0.694. The average molecular weight is 396 g/mol. The summed E-state index contributed by atoms with van der Waals surface area (Å²) < 4.78 is 29.0. The number of esters is 1. The number of halogens is 2. The maximum atomic E-state index is 13.5. The van der Waals surface area contributed by atoms with Gasteiger partial charge in [-0.05, 0) is 25.1 Å². The van der Waals surface area contributed by atoms with Gasteiger partial charge in [-0.3, -0.25) is 4.79 Å². The average Bonchev–Trinajstić information content (AvgIpc) is 2.66. The minimum absolute atomic E-state index is 0.00817. The number of carbonyl (C=O) groups excluding carboxylic acids is 2. The molecular formula is C19H19ClFNO5. The molecule has 1 N–H and O–H groups in total. The lowest BCUT2D eigenvalue weighted by molar-refractivity contribution is -0.124. The van der Waals surface area contributed by atoms with E-state index >= 15 is 0 Å². The van der Waals surface area contributed by atoms with Gasteiger partial charge in [-0.25, -0.2) is 9.18 Å². The van der Waals surface area contributed by atoms with E-state index in [1.807, 2.05) is 0 Å². The van der Waals surface area contributed by atoms with E-state index in [1.165, 1.54) is 25.3 Å². The van der Waals surface area contributed by atoms with E-state index in [-0.39, 0.29) is 22.9 Å². The Morgan fingerprint density at radius 3 is 2.63 bits per heavy atom. The molecule has 0 radical (unpaired) electrons. The van der Waals surface area contributed by atoms with Gasteiger partial charge in [-0.2, -0.15) is 0 Å². The summed E-state index contributed by atoms with van der Waals surface area (Å²) in [5.74, 6) is -1.14. The minimum Gasteiger partial charge on any atom is -0.493 e. The van der Waals surface area contributed by atoms with Crippen molar-refractivity contribution >= 4 is 23.5 Å². The van der Waals surface area contributed by atoms with Crippen LogP contribution >= 0.6 is 11.6 Å². The van der Waals surface area contributed by atoms with E-state index in [9.17, 15) is 14.0 Å². The van der Waals surface area contributed by atoms with Crippen LogP contribution in [0.3, 0.4) is 0 Å². The molecule has 2 rings (SSSR count). The van der Waals surface area contributed by atoms with E-state index in [0.717, 1.165) is 0 Å². The summed E-state index contributed by atoms with van der Waals surface area (Å²) in [5.41, 5.74) is 0.447. The second-order valence-electron chi connectivity index (χ2n) is 5.37. The van der Waals surface area contributed by atoms with E-state index in [1.54, 1.807) is 25.1 Å². The predicted octanol–water partition coefficient (Wildman–Crippen LogP) is 3.36. The molecule has 0 heterocycles. The highest BCUT2D eigenvalue weighted by molar-refractivity contribution is 6.32. The van der Waals surface area contributed by atoms with Crippen LogP contribution in [-0.2, 0) is 16.1 Å². The lowest BCUT2D eigenvalue weighted by Crippen LogP contribution is -2.28. The largest absolute Gasteiger partial charge is 0.493 e. The van der Waals surface area contributed by atoms with Gasteiger partial charge >= 0.3 is 5.97 Å². The first-order chi connectivity index (χ1) is 13.0. The fourth-order valence-corrected chi connectivity index (χ4v) is 2.49. The van der Waals surface area contributed by atoms with E-state index < -0.39 is 24.3 Å². The van der Waals surface area contributed by atoms with Crippen LogP contribution in [0.15, 0.2) is 36.4 Å². The zero-order chi connectivity index (χ0) is 19.8. The van der Waals surface area contributed by atoms with Crippen molar-refractivity contribution in [2.45, 2.75) is 13.5 Å². The lowest BCUT2D eigenvalue weighted by Gasteiger charge is -2.13. The third kappa shape index (κ3) is 5.59. The molecule has 6 nitrogen and oxygen atoms in total. The van der Waals surface area contributed by atoms with Crippen LogP contribution in [0.2, 0.25) is 5.02 Å². The van der Waals surface area contributed by atoms with E-state index in [4.69, 9.17) is 25.8 Å². The van der Waals surface area contributed by atoms with Crippen LogP contribution in [-0.4, -0.2) is 32.2 Å². The third-order valence-electron chi connectivity index (χ3n) is 3.52. The number of carbonyl (C=O) groups is 2. The molecule has 0 saturated carbocycles. The molecular weight excluding hydrogens is 377 g/mol. The van der Waals surface area contributed by atoms with Gasteiger partial charge in [0.2, 0.25) is 0 Å². The molecule has 27 heavy (non-hydrogen) atoms. The van der Waals surface area contributed by atoms with Gasteiger partial charge in [-0.15, -0.1) is 0 Å². The summed E-state index contributed by atoms with van der Waals surface area (Å²) in [7, 11) is 1.42. The molecule has 0 aliphatic heterocycles. The monoisotopic (exact) mass is 395 g/mol. The van der Waals surface area contributed by atoms with Crippen molar-refractivity contribution in [3.8, 4) is 11.5 Å². The van der Waals surface area contributed by atoms with Gasteiger partial charge in [0.15, 0.2) is 18.1 Å². The third-order valence-corrected chi connectivity index (χ3v) is 3.80. The fourth-order valence-electron chi connectivity index (χ4n) is 2.22. The van der Waals surface area contributed by atoms with Gasteiger partial charge in [0.25, 0.3) is 5.91 Å². The summed E-state index contributed by atoms with van der Waals surface area (Å²) in [5, 5.41) is 2.67. The van der Waals surface area contributed by atoms with Crippen LogP contribution in [0.1, 0.15) is 22.8 Å². The summed E-state index contributed by atoms with van der Waals surface area (Å²) in [4.78, 5) is 24.0. The van der Waals surface area contributed by atoms with Crippen molar-refractivity contribution in [1.29, 1.82) is 0 Å². The number of methoxy groups -OCH3 is 1. The molecule has 144 valence electrons. The molecule has 0 atom stereocenters. The Hall–Kier alpha value is -2.80. The molecule has 2 aromatic carbocycles. The minimum atomic E-state index is -0.751. The van der Waals surface area contributed by atoms with Crippen LogP contribution in [0.25, 0.3) is 0 Å². The van der Waals surface area contributed by atoms with Crippen molar-refractivity contribution in [2.75, 3.05) is 20.3 Å². The fraction of sp³-hybridized carbons (Fsp3) is 0.263. The molecule has 0 aromatic heterocycles. The Morgan fingerprint density at radius 2 is 1.96 bits per heavy atom. The van der Waals surface area contributed by atoms with Crippen LogP contribution < -0.4 is 14.8 Å². The highest BCUT2D eigenvalue weighted by Crippen LogP contribution is 2.36. The lowest BCUT2D eigenvalue weighted by atomic mass is 10.2. The van der Waals surface area contributed by atoms with Crippen molar-refractivity contribution in [1.82, 2.24) is 5.32 Å². The second kappa shape index (κ2) is 9.78. The van der Waals surface area contributed by atoms with Gasteiger partial charge < -0.3 is 19.5 Å². The zero-order valence-corrected chi connectivity index (χ0v) is 15.6. The first-order valence-corrected chi connectivity index (χ1v) is 8.51. The molecule has 2 aromatic rings. The van der Waals surface area contributed by atoms with Crippen molar-refractivity contribution in [2.24, 2.45) is 0 Å². The Balaban J connectivity index is 1.94. The zero-order valence-electron chi connectivity index (χ0n) is 14.9. The number of benzene rings is 2. The summed E-state index contributed by atoms with van der Waals surface area (Å²) in [6.07, 6.45) is 0. The molecule has 0 bridgehead atoms. The second-order valence-corrected chi connectivity index (χ2v) is 5.77. The number of nitrogens with one attached hydrogen (secondary N) is 1.